The first-order chi connectivity index (χ1) is 15.5. The number of fused-ring (bicyclic) bond motifs is 1. The molecule has 4 rings (SSSR count). The summed E-state index contributed by atoms with van der Waals surface area (Å²) in [6.45, 7) is 6.17. The Morgan fingerprint density at radius 1 is 1.00 bits per heavy atom. The number of ether oxygens (including phenoxy) is 2. The highest BCUT2D eigenvalue weighted by atomic mass is 16.5. The SMILES string of the molecule is CCn1c(=O)c(-c2c(C)c(OC)cc(OC)c2C)cc2nnc(Nc3ccncc3)nc21. The van der Waals surface area contributed by atoms with Gasteiger partial charge in [-0.1, -0.05) is 0 Å². The van der Waals surface area contributed by atoms with Gasteiger partial charge in [-0.05, 0) is 50.1 Å². The molecule has 0 radical (unpaired) electrons. The first-order valence-corrected chi connectivity index (χ1v) is 10.2. The molecule has 0 bridgehead atoms. The standard InChI is InChI=1S/C23H24N6O3/c1-6-29-21-17(27-28-23(26-21)25-15-7-9-24-10-8-15)11-16(22(29)30)20-13(2)18(31-4)12-19(32-5)14(20)3/h7-12H,6H2,1-5H3,(H,24,25,26,28). The fourth-order valence-corrected chi connectivity index (χ4v) is 3.84. The highest BCUT2D eigenvalue weighted by molar-refractivity contribution is 5.83. The van der Waals surface area contributed by atoms with Gasteiger partial charge in [-0.3, -0.25) is 14.3 Å². The van der Waals surface area contributed by atoms with Crippen molar-refractivity contribution in [3.63, 3.8) is 0 Å². The molecule has 0 aliphatic carbocycles. The first kappa shape index (κ1) is 21.2. The van der Waals surface area contributed by atoms with E-state index < -0.39 is 0 Å². The normalized spacial score (nSPS) is 10.9. The summed E-state index contributed by atoms with van der Waals surface area (Å²) in [6.07, 6.45) is 3.33. The van der Waals surface area contributed by atoms with Gasteiger partial charge in [-0.25, -0.2) is 0 Å². The Labute approximate surface area is 185 Å². The number of nitrogens with zero attached hydrogens (tertiary/aromatic N) is 5. The minimum atomic E-state index is -0.170. The molecule has 3 heterocycles. The molecule has 9 nitrogen and oxygen atoms in total. The summed E-state index contributed by atoms with van der Waals surface area (Å²) in [6, 6.07) is 7.15. The van der Waals surface area contributed by atoms with Gasteiger partial charge in [-0.15, -0.1) is 10.2 Å². The lowest BCUT2D eigenvalue weighted by Crippen LogP contribution is -2.23. The van der Waals surface area contributed by atoms with Crippen LogP contribution in [0.4, 0.5) is 11.6 Å². The highest BCUT2D eigenvalue weighted by Gasteiger charge is 2.21. The maximum atomic E-state index is 13.6. The number of methoxy groups -OCH3 is 2. The molecule has 3 aromatic heterocycles. The molecule has 0 atom stereocenters. The molecule has 0 aliphatic rings. The second kappa shape index (κ2) is 8.62. The number of rotatable bonds is 6. The third-order valence-corrected chi connectivity index (χ3v) is 5.42. The van der Waals surface area contributed by atoms with Crippen LogP contribution in [0.2, 0.25) is 0 Å². The zero-order chi connectivity index (χ0) is 22.8. The topological polar surface area (TPSA) is 104 Å². The van der Waals surface area contributed by atoms with Gasteiger partial charge in [0.1, 0.15) is 17.0 Å². The fourth-order valence-electron chi connectivity index (χ4n) is 3.84. The van der Waals surface area contributed by atoms with Gasteiger partial charge in [-0.2, -0.15) is 4.98 Å². The number of hydrogen-bond acceptors (Lipinski definition) is 8. The Hall–Kier alpha value is -4.01. The van der Waals surface area contributed by atoms with E-state index in [1.165, 1.54) is 0 Å². The minimum Gasteiger partial charge on any atom is -0.496 e. The van der Waals surface area contributed by atoms with Crippen LogP contribution in [0.15, 0.2) is 41.5 Å². The molecule has 0 amide bonds. The Morgan fingerprint density at radius 2 is 1.66 bits per heavy atom. The highest BCUT2D eigenvalue weighted by Crippen LogP contribution is 2.38. The van der Waals surface area contributed by atoms with Crippen LogP contribution in [0.1, 0.15) is 18.1 Å². The van der Waals surface area contributed by atoms with Crippen LogP contribution < -0.4 is 20.3 Å². The maximum Gasteiger partial charge on any atom is 0.260 e. The van der Waals surface area contributed by atoms with Crippen LogP contribution in [0.5, 0.6) is 11.5 Å². The Balaban J connectivity index is 1.93. The Bertz CT molecular complexity index is 1320. The van der Waals surface area contributed by atoms with Gasteiger partial charge >= 0.3 is 0 Å². The number of aryl methyl sites for hydroxylation is 1. The van der Waals surface area contributed by atoms with Crippen molar-refractivity contribution in [2.75, 3.05) is 19.5 Å². The molecule has 0 saturated heterocycles. The van der Waals surface area contributed by atoms with Crippen molar-refractivity contribution >= 4 is 22.8 Å². The number of aromatic nitrogens is 5. The van der Waals surface area contributed by atoms with Gasteiger partial charge in [0.25, 0.3) is 5.56 Å². The van der Waals surface area contributed by atoms with Crippen LogP contribution >= 0.6 is 0 Å². The largest absolute Gasteiger partial charge is 0.496 e. The number of anilines is 2. The van der Waals surface area contributed by atoms with Crippen molar-refractivity contribution in [1.82, 2.24) is 24.7 Å². The molecule has 4 aromatic rings. The summed E-state index contributed by atoms with van der Waals surface area (Å²) in [4.78, 5) is 22.1. The van der Waals surface area contributed by atoms with Crippen LogP contribution in [0.3, 0.4) is 0 Å². The summed E-state index contributed by atoms with van der Waals surface area (Å²) >= 11 is 0. The van der Waals surface area contributed by atoms with Crippen molar-refractivity contribution in [3.8, 4) is 22.6 Å². The van der Waals surface area contributed by atoms with Crippen molar-refractivity contribution < 1.29 is 9.47 Å². The molecular weight excluding hydrogens is 408 g/mol. The van der Waals surface area contributed by atoms with Crippen molar-refractivity contribution in [3.05, 3.63) is 58.1 Å². The molecule has 0 fully saturated rings. The molecule has 164 valence electrons. The van der Waals surface area contributed by atoms with E-state index in [9.17, 15) is 4.79 Å². The van der Waals surface area contributed by atoms with Crippen LogP contribution in [-0.2, 0) is 6.54 Å². The quantitative estimate of drug-likeness (QED) is 0.492. The van der Waals surface area contributed by atoms with E-state index in [1.807, 2.05) is 26.8 Å². The number of hydrogen-bond donors (Lipinski definition) is 1. The number of pyridine rings is 2. The van der Waals surface area contributed by atoms with E-state index in [-0.39, 0.29) is 5.56 Å². The van der Waals surface area contributed by atoms with Crippen molar-refractivity contribution in [2.45, 2.75) is 27.3 Å². The molecule has 0 spiro atoms. The van der Waals surface area contributed by atoms with E-state index in [4.69, 9.17) is 9.47 Å². The second-order valence-electron chi connectivity index (χ2n) is 7.22. The van der Waals surface area contributed by atoms with E-state index in [1.54, 1.807) is 49.4 Å². The van der Waals surface area contributed by atoms with E-state index in [0.29, 0.717) is 40.7 Å². The van der Waals surface area contributed by atoms with E-state index in [2.05, 4.69) is 25.5 Å². The predicted molar refractivity (Wildman–Crippen MR) is 123 cm³/mol. The number of benzene rings is 1. The van der Waals surface area contributed by atoms with E-state index in [0.717, 1.165) is 22.4 Å². The van der Waals surface area contributed by atoms with Crippen molar-refractivity contribution in [2.24, 2.45) is 0 Å². The Morgan fingerprint density at radius 3 is 2.25 bits per heavy atom. The smallest absolute Gasteiger partial charge is 0.260 e. The van der Waals surface area contributed by atoms with Gasteiger partial charge in [0, 0.05) is 36.3 Å². The molecular formula is C23H24N6O3. The van der Waals surface area contributed by atoms with Crippen LogP contribution in [-0.4, -0.2) is 39.0 Å². The third-order valence-electron chi connectivity index (χ3n) is 5.42. The maximum absolute atomic E-state index is 13.6. The molecule has 0 saturated carbocycles. The molecule has 1 N–H and O–H groups in total. The zero-order valence-corrected chi connectivity index (χ0v) is 18.6. The van der Waals surface area contributed by atoms with Crippen molar-refractivity contribution in [1.29, 1.82) is 0 Å². The zero-order valence-electron chi connectivity index (χ0n) is 18.6. The average molecular weight is 432 g/mol. The number of nitrogens with one attached hydrogen (secondary N) is 1. The van der Waals surface area contributed by atoms with Gasteiger partial charge in [0.2, 0.25) is 5.95 Å². The minimum absolute atomic E-state index is 0.170. The molecule has 9 heteroatoms. The van der Waals surface area contributed by atoms with E-state index >= 15 is 0 Å². The van der Waals surface area contributed by atoms with Gasteiger partial charge in [0.15, 0.2) is 5.65 Å². The third kappa shape index (κ3) is 3.62. The first-order valence-electron chi connectivity index (χ1n) is 10.2. The molecule has 1 aromatic carbocycles. The van der Waals surface area contributed by atoms with Gasteiger partial charge in [0.05, 0.1) is 19.8 Å². The summed E-state index contributed by atoms with van der Waals surface area (Å²) in [5, 5.41) is 11.6. The average Bonchev–Trinajstić information content (AvgIpc) is 2.80. The lowest BCUT2D eigenvalue weighted by atomic mass is 9.94. The second-order valence-corrected chi connectivity index (χ2v) is 7.22. The fraction of sp³-hybridized carbons (Fsp3) is 0.261. The summed E-state index contributed by atoms with van der Waals surface area (Å²) in [5.41, 5.74) is 4.53. The summed E-state index contributed by atoms with van der Waals surface area (Å²) in [7, 11) is 3.19. The summed E-state index contributed by atoms with van der Waals surface area (Å²) < 4.78 is 12.6. The lowest BCUT2D eigenvalue weighted by Gasteiger charge is -2.18. The lowest BCUT2D eigenvalue weighted by molar-refractivity contribution is 0.391. The predicted octanol–water partition coefficient (Wildman–Crippen LogP) is 3.65. The molecule has 32 heavy (non-hydrogen) atoms. The monoisotopic (exact) mass is 432 g/mol. The van der Waals surface area contributed by atoms with Crippen LogP contribution in [0.25, 0.3) is 22.3 Å². The van der Waals surface area contributed by atoms with Gasteiger partial charge < -0.3 is 14.8 Å². The molecule has 0 aliphatic heterocycles. The molecule has 0 unspecified atom stereocenters. The van der Waals surface area contributed by atoms with Crippen LogP contribution in [0, 0.1) is 13.8 Å². The Kier molecular flexibility index (Phi) is 5.72. The summed E-state index contributed by atoms with van der Waals surface area (Å²) in [5.74, 6) is 1.59.